The van der Waals surface area contributed by atoms with Gasteiger partial charge in [-0.3, -0.25) is 0 Å². The highest BCUT2D eigenvalue weighted by Gasteiger charge is 2.75. The van der Waals surface area contributed by atoms with Crippen molar-refractivity contribution in [3.05, 3.63) is 11.3 Å². The van der Waals surface area contributed by atoms with Crippen LogP contribution in [0.25, 0.3) is 0 Å². The largest absolute Gasteiger partial charge is 0.456 e. The third-order valence-electron chi connectivity index (χ3n) is 14.8. The molecule has 14 atom stereocenters. The lowest BCUT2D eigenvalue weighted by Gasteiger charge is -2.62. The van der Waals surface area contributed by atoms with E-state index in [9.17, 15) is 13.2 Å². The fourth-order valence-corrected chi connectivity index (χ4v) is 11.7. The van der Waals surface area contributed by atoms with Gasteiger partial charge in [0.15, 0.2) is 23.8 Å². The zero-order valence-corrected chi connectivity index (χ0v) is 32.1. The van der Waals surface area contributed by atoms with E-state index in [1.807, 2.05) is 25.8 Å². The van der Waals surface area contributed by atoms with E-state index in [0.717, 1.165) is 64.2 Å². The summed E-state index contributed by atoms with van der Waals surface area (Å²) in [4.78, 5) is 26.3. The Kier molecular flexibility index (Phi) is 9.68. The summed E-state index contributed by atoms with van der Waals surface area (Å²) >= 11 is 0. The van der Waals surface area contributed by atoms with Crippen LogP contribution >= 0.6 is 0 Å². The summed E-state index contributed by atoms with van der Waals surface area (Å²) in [7, 11) is 1.89. The standard InChI is InChI=1S/C39H60F3NO9/c1-23-12-13-28-25(3)31(46-32-37(28)26(23)15-18-35(5,47-32)49-51-37)44-21-11-9-8-10-20-43(7)22-29-30(39(40,41)42)45-33-38-27(24(2)14-17-34(29,38)4)16-19-36(6,48-33)50-52-38/h23-28,31-33H,8-22H2,1-7H3/t23-,24-,25-,26?,27?,28+,31+,32-,33-,34+,35?,36?,37?,38+/m1/s1. The molecule has 7 saturated heterocycles. The molecule has 8 aliphatic heterocycles. The number of hydrogen-bond acceptors (Lipinski definition) is 10. The highest BCUT2D eigenvalue weighted by atomic mass is 19.4. The predicted molar refractivity (Wildman–Crippen MR) is 180 cm³/mol. The van der Waals surface area contributed by atoms with Gasteiger partial charge < -0.3 is 28.6 Å². The average Bonchev–Trinajstić information content (AvgIpc) is 3.46. The molecule has 0 amide bonds. The van der Waals surface area contributed by atoms with Crippen LogP contribution < -0.4 is 0 Å². The first-order valence-electron chi connectivity index (χ1n) is 20.1. The molecule has 0 aromatic carbocycles. The molecular formula is C39H60F3NO9. The van der Waals surface area contributed by atoms with E-state index in [0.29, 0.717) is 37.8 Å². The maximum absolute atomic E-state index is 14.8. The van der Waals surface area contributed by atoms with Gasteiger partial charge in [-0.25, -0.2) is 19.6 Å². The van der Waals surface area contributed by atoms with Gasteiger partial charge in [-0.15, -0.1) is 0 Å². The van der Waals surface area contributed by atoms with E-state index < -0.39 is 52.7 Å². The van der Waals surface area contributed by atoms with Crippen molar-refractivity contribution in [3.63, 3.8) is 0 Å². The van der Waals surface area contributed by atoms with Gasteiger partial charge in [-0.1, -0.05) is 40.5 Å². The minimum Gasteiger partial charge on any atom is -0.456 e. The van der Waals surface area contributed by atoms with Gasteiger partial charge in [0.2, 0.25) is 23.6 Å². The summed E-state index contributed by atoms with van der Waals surface area (Å²) in [5, 5.41) is 0. The molecule has 2 aliphatic carbocycles. The number of ether oxygens (including phenoxy) is 5. The van der Waals surface area contributed by atoms with Gasteiger partial charge >= 0.3 is 6.18 Å². The zero-order valence-electron chi connectivity index (χ0n) is 32.1. The first kappa shape index (κ1) is 37.9. The lowest BCUT2D eigenvalue weighted by atomic mass is 9.51. The van der Waals surface area contributed by atoms with E-state index in [2.05, 4.69) is 20.8 Å². The molecule has 2 saturated carbocycles. The fourth-order valence-electron chi connectivity index (χ4n) is 11.7. The number of alkyl halides is 3. The zero-order chi connectivity index (χ0) is 36.9. The molecule has 0 aromatic heterocycles. The third kappa shape index (κ3) is 5.83. The van der Waals surface area contributed by atoms with E-state index in [1.165, 1.54) is 0 Å². The van der Waals surface area contributed by atoms with E-state index >= 15 is 0 Å². The number of rotatable bonds is 10. The summed E-state index contributed by atoms with van der Waals surface area (Å²) in [5.74, 6) is -1.51. The summed E-state index contributed by atoms with van der Waals surface area (Å²) in [6, 6.07) is 0. The van der Waals surface area contributed by atoms with Crippen molar-refractivity contribution in [2.45, 2.75) is 166 Å². The molecule has 9 fully saturated rings. The maximum Gasteiger partial charge on any atom is 0.449 e. The van der Waals surface area contributed by atoms with Crippen molar-refractivity contribution in [1.82, 2.24) is 4.90 Å². The summed E-state index contributed by atoms with van der Waals surface area (Å²) in [6.07, 6.45) is 3.41. The van der Waals surface area contributed by atoms with Crippen LogP contribution in [0.4, 0.5) is 13.2 Å². The first-order valence-corrected chi connectivity index (χ1v) is 20.1. The average molecular weight is 744 g/mol. The lowest BCUT2D eigenvalue weighted by Crippen LogP contribution is -2.71. The molecule has 0 radical (unpaired) electrons. The van der Waals surface area contributed by atoms with Crippen LogP contribution in [-0.2, 0) is 43.2 Å². The number of hydrogen-bond donors (Lipinski definition) is 0. The molecule has 10 rings (SSSR count). The quantitative estimate of drug-likeness (QED) is 0.162. The second-order valence-corrected chi connectivity index (χ2v) is 18.3. The molecule has 13 heteroatoms. The van der Waals surface area contributed by atoms with Crippen LogP contribution in [-0.4, -0.2) is 79.5 Å². The van der Waals surface area contributed by atoms with Gasteiger partial charge in [-0.05, 0) is 96.6 Å². The van der Waals surface area contributed by atoms with Crippen molar-refractivity contribution >= 4 is 0 Å². The SMILES string of the molecule is C[C@H]1[C@@H](OCCCCCCN(C)CC2=C(C(F)(F)F)O[C@@H]3OC4(C)CCC5[C@H](C)CC[C@]2(C)[C@]53OO4)O[C@@H]2OC3(C)CCC4[C@H](C)CC[C@@H]1C42OO3. The molecular weight excluding hydrogens is 683 g/mol. The second-order valence-electron chi connectivity index (χ2n) is 18.3. The Balaban J connectivity index is 0.860. The molecule has 10 nitrogen and oxygen atoms in total. The Bertz CT molecular complexity index is 1380. The summed E-state index contributed by atoms with van der Waals surface area (Å²) < 4.78 is 75.7. The van der Waals surface area contributed by atoms with Crippen LogP contribution in [0.2, 0.25) is 0 Å². The van der Waals surface area contributed by atoms with Crippen LogP contribution in [0.5, 0.6) is 0 Å². The third-order valence-corrected chi connectivity index (χ3v) is 14.8. The molecule has 10 aliphatic rings. The number of likely N-dealkylation sites (N-methyl/N-ethyl adjacent to an activating group) is 1. The monoisotopic (exact) mass is 743 g/mol. The Labute approximate surface area is 306 Å². The minimum atomic E-state index is -4.66. The van der Waals surface area contributed by atoms with Gasteiger partial charge in [0.25, 0.3) is 0 Å². The topological polar surface area (TPSA) is 86.3 Å². The second kappa shape index (κ2) is 13.3. The minimum absolute atomic E-state index is 0.0512. The maximum atomic E-state index is 14.8. The normalized spacial score (nSPS) is 49.6. The number of allylic oxidation sites excluding steroid dienone is 1. The van der Waals surface area contributed by atoms with Crippen molar-refractivity contribution in [1.29, 1.82) is 0 Å². The molecule has 8 heterocycles. The molecule has 4 bridgehead atoms. The van der Waals surface area contributed by atoms with Crippen molar-refractivity contribution < 1.29 is 56.4 Å². The van der Waals surface area contributed by atoms with Gasteiger partial charge in [0, 0.05) is 54.7 Å². The van der Waals surface area contributed by atoms with Crippen molar-refractivity contribution in [2.75, 3.05) is 26.7 Å². The van der Waals surface area contributed by atoms with E-state index in [1.54, 1.807) is 6.92 Å². The summed E-state index contributed by atoms with van der Waals surface area (Å²) in [5.41, 5.74) is -2.48. The van der Waals surface area contributed by atoms with Crippen LogP contribution in [0.1, 0.15) is 119 Å². The molecule has 5 unspecified atom stereocenters. The van der Waals surface area contributed by atoms with Crippen molar-refractivity contribution in [2.24, 2.45) is 40.9 Å². The molecule has 0 aromatic rings. The highest BCUT2D eigenvalue weighted by Crippen LogP contribution is 2.67. The molecule has 52 heavy (non-hydrogen) atoms. The lowest BCUT2D eigenvalue weighted by molar-refractivity contribution is -0.577. The van der Waals surface area contributed by atoms with Gasteiger partial charge in [-0.2, -0.15) is 13.2 Å². The summed E-state index contributed by atoms with van der Waals surface area (Å²) in [6.45, 7) is 13.6. The van der Waals surface area contributed by atoms with Gasteiger partial charge in [0.05, 0.1) is 0 Å². The van der Waals surface area contributed by atoms with Crippen LogP contribution in [0.15, 0.2) is 11.3 Å². The molecule has 2 spiro atoms. The Morgan fingerprint density at radius 3 is 2.17 bits per heavy atom. The number of unbranched alkanes of at least 4 members (excludes halogenated alkanes) is 3. The van der Waals surface area contributed by atoms with Crippen LogP contribution in [0.3, 0.4) is 0 Å². The van der Waals surface area contributed by atoms with E-state index in [-0.39, 0.29) is 42.1 Å². The number of fused-ring (bicyclic) bond motifs is 4. The number of halogens is 3. The van der Waals surface area contributed by atoms with Crippen LogP contribution in [0, 0.1) is 40.9 Å². The molecule has 296 valence electrons. The first-order chi connectivity index (χ1) is 24.6. The predicted octanol–water partition coefficient (Wildman–Crippen LogP) is 8.16. The van der Waals surface area contributed by atoms with E-state index in [4.69, 9.17) is 43.2 Å². The van der Waals surface area contributed by atoms with Crippen molar-refractivity contribution in [3.8, 4) is 0 Å². The Hall–Kier alpha value is -1.03. The number of nitrogens with zero attached hydrogens (tertiary/aromatic N) is 1. The Morgan fingerprint density at radius 1 is 0.750 bits per heavy atom. The Morgan fingerprint density at radius 2 is 1.42 bits per heavy atom. The molecule has 0 N–H and O–H groups in total. The fraction of sp³-hybridized carbons (Fsp3) is 0.949. The highest BCUT2D eigenvalue weighted by molar-refractivity contribution is 5.34. The smallest absolute Gasteiger partial charge is 0.449 e. The van der Waals surface area contributed by atoms with Gasteiger partial charge in [0.1, 0.15) is 0 Å².